The molecule has 4 aromatic heterocycles. The SMILES string of the molecule is c1ccc(-c2ccc(-c3nc(-c4c5ccccc5n5ccc6c7ccccc7n(-c7ccccc7)c6c45)nc4ccccc34)cc2)cc1. The number of para-hydroxylation sites is 4. The van der Waals surface area contributed by atoms with Gasteiger partial charge in [-0.05, 0) is 47.5 Å². The molecule has 10 rings (SSSR count). The number of hydrogen-bond donors (Lipinski definition) is 0. The molecule has 0 aliphatic rings. The molecule has 0 aliphatic carbocycles. The predicted octanol–water partition coefficient (Wildman–Crippen LogP) is 11.1. The second-order valence-corrected chi connectivity index (χ2v) is 12.2. The summed E-state index contributed by atoms with van der Waals surface area (Å²) in [5.74, 6) is 0.715. The van der Waals surface area contributed by atoms with Gasteiger partial charge in [0.05, 0.1) is 38.8 Å². The van der Waals surface area contributed by atoms with Gasteiger partial charge in [-0.2, -0.15) is 0 Å². The Morgan fingerprint density at radius 3 is 1.79 bits per heavy atom. The first-order valence-electron chi connectivity index (χ1n) is 16.3. The van der Waals surface area contributed by atoms with Crippen LogP contribution < -0.4 is 0 Å². The van der Waals surface area contributed by atoms with Gasteiger partial charge in [0.1, 0.15) is 0 Å². The van der Waals surface area contributed by atoms with E-state index in [0.717, 1.165) is 55.3 Å². The molecule has 48 heavy (non-hydrogen) atoms. The lowest BCUT2D eigenvalue weighted by Crippen LogP contribution is -1.98. The van der Waals surface area contributed by atoms with E-state index in [0.29, 0.717) is 5.82 Å². The largest absolute Gasteiger partial charge is 0.314 e. The zero-order valence-electron chi connectivity index (χ0n) is 26.0. The summed E-state index contributed by atoms with van der Waals surface area (Å²) >= 11 is 0. The zero-order chi connectivity index (χ0) is 31.6. The molecule has 4 heterocycles. The van der Waals surface area contributed by atoms with Crippen LogP contribution in [0.1, 0.15) is 0 Å². The van der Waals surface area contributed by atoms with Gasteiger partial charge in [0.15, 0.2) is 5.82 Å². The van der Waals surface area contributed by atoms with Crippen LogP contribution in [0.3, 0.4) is 0 Å². The molecule has 0 fully saturated rings. The Bertz CT molecular complexity index is 2810. The Kier molecular flexibility index (Phi) is 5.84. The van der Waals surface area contributed by atoms with E-state index < -0.39 is 0 Å². The van der Waals surface area contributed by atoms with E-state index in [4.69, 9.17) is 9.97 Å². The lowest BCUT2D eigenvalue weighted by Gasteiger charge is -2.12. The smallest absolute Gasteiger partial charge is 0.163 e. The van der Waals surface area contributed by atoms with Crippen LogP contribution in [0, 0.1) is 0 Å². The Labute approximate surface area is 276 Å². The van der Waals surface area contributed by atoms with E-state index in [2.05, 4.69) is 179 Å². The maximum atomic E-state index is 5.45. The van der Waals surface area contributed by atoms with Crippen molar-refractivity contribution < 1.29 is 0 Å². The van der Waals surface area contributed by atoms with Gasteiger partial charge in [-0.25, -0.2) is 9.97 Å². The molecule has 0 N–H and O–H groups in total. The van der Waals surface area contributed by atoms with Gasteiger partial charge in [-0.3, -0.25) is 0 Å². The molecule has 0 bridgehead atoms. The van der Waals surface area contributed by atoms with Gasteiger partial charge in [-0.15, -0.1) is 0 Å². The van der Waals surface area contributed by atoms with Crippen molar-refractivity contribution in [3.8, 4) is 39.5 Å². The second-order valence-electron chi connectivity index (χ2n) is 12.2. The van der Waals surface area contributed by atoms with Crippen LogP contribution >= 0.6 is 0 Å². The van der Waals surface area contributed by atoms with Gasteiger partial charge in [0.2, 0.25) is 0 Å². The average Bonchev–Trinajstić information content (AvgIpc) is 3.68. The first-order chi connectivity index (χ1) is 23.8. The summed E-state index contributed by atoms with van der Waals surface area (Å²) in [6, 6.07) is 57.8. The molecule has 6 aromatic carbocycles. The highest BCUT2D eigenvalue weighted by Gasteiger charge is 2.24. The summed E-state index contributed by atoms with van der Waals surface area (Å²) in [4.78, 5) is 10.7. The van der Waals surface area contributed by atoms with Crippen LogP contribution in [0.25, 0.3) is 88.6 Å². The van der Waals surface area contributed by atoms with Crippen molar-refractivity contribution in [3.63, 3.8) is 0 Å². The number of benzene rings is 6. The fraction of sp³-hybridized carbons (Fsp3) is 0. The summed E-state index contributed by atoms with van der Waals surface area (Å²) < 4.78 is 4.71. The Morgan fingerprint density at radius 2 is 1.00 bits per heavy atom. The normalized spacial score (nSPS) is 11.8. The van der Waals surface area contributed by atoms with Crippen molar-refractivity contribution in [2.24, 2.45) is 0 Å². The zero-order valence-corrected chi connectivity index (χ0v) is 26.0. The lowest BCUT2D eigenvalue weighted by atomic mass is 10.0. The molecule has 4 heteroatoms. The van der Waals surface area contributed by atoms with Gasteiger partial charge in [0, 0.05) is 39.0 Å². The van der Waals surface area contributed by atoms with Gasteiger partial charge >= 0.3 is 0 Å². The molecular formula is C44H28N4. The minimum absolute atomic E-state index is 0.715. The number of pyridine rings is 1. The van der Waals surface area contributed by atoms with Crippen LogP contribution in [0.4, 0.5) is 0 Å². The number of hydrogen-bond acceptors (Lipinski definition) is 2. The maximum absolute atomic E-state index is 5.45. The summed E-state index contributed by atoms with van der Waals surface area (Å²) in [6.07, 6.45) is 2.20. The summed E-state index contributed by atoms with van der Waals surface area (Å²) in [6.45, 7) is 0. The van der Waals surface area contributed by atoms with Gasteiger partial charge in [-0.1, -0.05) is 127 Å². The standard InChI is InChI=1S/C44H28N4/c1-3-13-29(14-4-1)30-23-25-31(26-24-30)41-35-18-7-10-20-37(35)45-44(46-41)40-36-19-9-11-21-38(36)47-28-27-34-33-17-8-12-22-39(33)48(42(34)43(40)47)32-15-5-2-6-16-32/h1-28H. The maximum Gasteiger partial charge on any atom is 0.163 e. The van der Waals surface area contributed by atoms with E-state index in [1.165, 1.54) is 27.4 Å². The molecule has 0 spiro atoms. The number of aromatic nitrogens is 4. The summed E-state index contributed by atoms with van der Waals surface area (Å²) in [5, 5.41) is 4.57. The van der Waals surface area contributed by atoms with Crippen LogP contribution in [-0.4, -0.2) is 18.9 Å². The molecular weight excluding hydrogens is 585 g/mol. The van der Waals surface area contributed by atoms with Crippen LogP contribution in [-0.2, 0) is 0 Å². The van der Waals surface area contributed by atoms with Crippen molar-refractivity contribution in [1.29, 1.82) is 0 Å². The number of rotatable bonds is 4. The summed E-state index contributed by atoms with van der Waals surface area (Å²) in [5.41, 5.74) is 12.0. The molecule has 0 aliphatic heterocycles. The van der Waals surface area contributed by atoms with Gasteiger partial charge < -0.3 is 8.97 Å². The van der Waals surface area contributed by atoms with E-state index >= 15 is 0 Å². The quantitative estimate of drug-likeness (QED) is 0.198. The predicted molar refractivity (Wildman–Crippen MR) is 199 cm³/mol. The van der Waals surface area contributed by atoms with E-state index in [9.17, 15) is 0 Å². The molecule has 4 nitrogen and oxygen atoms in total. The molecule has 0 saturated carbocycles. The van der Waals surface area contributed by atoms with E-state index in [1.807, 2.05) is 0 Å². The van der Waals surface area contributed by atoms with E-state index in [-0.39, 0.29) is 0 Å². The minimum atomic E-state index is 0.715. The number of fused-ring (bicyclic) bond motifs is 8. The highest BCUT2D eigenvalue weighted by atomic mass is 15.0. The molecule has 0 atom stereocenters. The van der Waals surface area contributed by atoms with E-state index in [1.54, 1.807) is 0 Å². The van der Waals surface area contributed by atoms with Crippen molar-refractivity contribution >= 4 is 49.1 Å². The molecule has 0 saturated heterocycles. The molecule has 0 radical (unpaired) electrons. The van der Waals surface area contributed by atoms with Crippen molar-refractivity contribution in [2.45, 2.75) is 0 Å². The van der Waals surface area contributed by atoms with Crippen LogP contribution in [0.5, 0.6) is 0 Å². The first-order valence-corrected chi connectivity index (χ1v) is 16.3. The topological polar surface area (TPSA) is 35.1 Å². The Hall–Kier alpha value is -6.52. The van der Waals surface area contributed by atoms with Crippen LogP contribution in [0.15, 0.2) is 170 Å². The monoisotopic (exact) mass is 612 g/mol. The second kappa shape index (κ2) is 10.5. The highest BCUT2D eigenvalue weighted by molar-refractivity contribution is 6.20. The summed E-state index contributed by atoms with van der Waals surface area (Å²) in [7, 11) is 0. The van der Waals surface area contributed by atoms with Crippen molar-refractivity contribution in [3.05, 3.63) is 170 Å². The Morgan fingerprint density at radius 1 is 0.396 bits per heavy atom. The highest BCUT2D eigenvalue weighted by Crippen LogP contribution is 2.43. The first kappa shape index (κ1) is 26.7. The Balaban J connectivity index is 1.32. The number of nitrogens with zero attached hydrogens (tertiary/aromatic N) is 4. The third kappa shape index (κ3) is 3.96. The molecule has 224 valence electrons. The average molecular weight is 613 g/mol. The third-order valence-electron chi connectivity index (χ3n) is 9.55. The van der Waals surface area contributed by atoms with Crippen molar-refractivity contribution in [1.82, 2.24) is 18.9 Å². The third-order valence-corrected chi connectivity index (χ3v) is 9.55. The fourth-order valence-corrected chi connectivity index (χ4v) is 7.40. The lowest BCUT2D eigenvalue weighted by molar-refractivity contribution is 1.16. The molecule has 0 unspecified atom stereocenters. The van der Waals surface area contributed by atoms with Crippen molar-refractivity contribution in [2.75, 3.05) is 0 Å². The molecule has 0 amide bonds. The minimum Gasteiger partial charge on any atom is -0.314 e. The molecule has 10 aromatic rings. The van der Waals surface area contributed by atoms with Gasteiger partial charge in [0.25, 0.3) is 0 Å². The fourth-order valence-electron chi connectivity index (χ4n) is 7.40. The van der Waals surface area contributed by atoms with Crippen LogP contribution in [0.2, 0.25) is 0 Å².